The second-order valence-electron chi connectivity index (χ2n) is 6.91. The van der Waals surface area contributed by atoms with Crippen molar-refractivity contribution < 1.29 is 18.7 Å². The Kier molecular flexibility index (Phi) is 5.09. The lowest BCUT2D eigenvalue weighted by Crippen LogP contribution is -2.56. The van der Waals surface area contributed by atoms with Gasteiger partial charge in [0.2, 0.25) is 0 Å². The molecular formula is C22H19FN2O3. The Bertz CT molecular complexity index is 952. The third kappa shape index (κ3) is 3.62. The molecule has 6 heteroatoms. The van der Waals surface area contributed by atoms with Crippen LogP contribution in [0.2, 0.25) is 0 Å². The summed E-state index contributed by atoms with van der Waals surface area (Å²) in [6.07, 6.45) is 2.10. The first-order valence-electron chi connectivity index (χ1n) is 9.13. The molecule has 0 radical (unpaired) electrons. The summed E-state index contributed by atoms with van der Waals surface area (Å²) in [6, 6.07) is 15.5. The van der Waals surface area contributed by atoms with Gasteiger partial charge in [-0.3, -0.25) is 4.90 Å². The molecule has 2 atom stereocenters. The molecule has 2 bridgehead atoms. The Hall–Kier alpha value is -3.17. The zero-order valence-electron chi connectivity index (χ0n) is 15.2. The van der Waals surface area contributed by atoms with Crippen LogP contribution in [0.4, 0.5) is 9.18 Å². The molecule has 2 aliphatic rings. The number of carbonyl (C=O) groups excluding carboxylic acids is 1. The average Bonchev–Trinajstić information content (AvgIpc) is 2.71. The Morgan fingerprint density at radius 3 is 2.79 bits per heavy atom. The standard InChI is InChI=1S/C22H19FN2O3/c23-21-10-16(6-7-17(21)11-24)18-8-19-13-27-14-20(9-18)25(19)22(26)28-12-15-4-2-1-3-5-15/h1-8,10,19-20H,9,12-14H2. The van der Waals surface area contributed by atoms with Crippen molar-refractivity contribution in [2.45, 2.75) is 25.1 Å². The zero-order chi connectivity index (χ0) is 19.5. The highest BCUT2D eigenvalue weighted by atomic mass is 19.1. The molecular weight excluding hydrogens is 359 g/mol. The minimum atomic E-state index is -0.535. The molecule has 1 fully saturated rings. The number of fused-ring (bicyclic) bond motifs is 2. The number of rotatable bonds is 3. The highest BCUT2D eigenvalue weighted by Gasteiger charge is 2.39. The van der Waals surface area contributed by atoms with E-state index in [2.05, 4.69) is 0 Å². The van der Waals surface area contributed by atoms with Crippen LogP contribution in [0.5, 0.6) is 0 Å². The fourth-order valence-electron chi connectivity index (χ4n) is 3.69. The first kappa shape index (κ1) is 18.2. The molecule has 0 aromatic heterocycles. The van der Waals surface area contributed by atoms with Crippen molar-refractivity contribution in [2.24, 2.45) is 0 Å². The van der Waals surface area contributed by atoms with Gasteiger partial charge in [0.25, 0.3) is 0 Å². The molecule has 1 saturated heterocycles. The molecule has 2 aliphatic heterocycles. The van der Waals surface area contributed by atoms with Crippen LogP contribution in [-0.2, 0) is 16.1 Å². The number of halogens is 1. The smallest absolute Gasteiger partial charge is 0.411 e. The van der Waals surface area contributed by atoms with Gasteiger partial charge in [-0.05, 0) is 35.3 Å². The minimum Gasteiger partial charge on any atom is -0.445 e. The van der Waals surface area contributed by atoms with Gasteiger partial charge in [-0.25, -0.2) is 9.18 Å². The van der Waals surface area contributed by atoms with Gasteiger partial charge < -0.3 is 9.47 Å². The number of morpholine rings is 1. The Balaban J connectivity index is 1.52. The van der Waals surface area contributed by atoms with E-state index in [1.54, 1.807) is 11.0 Å². The molecule has 2 aromatic rings. The largest absolute Gasteiger partial charge is 0.445 e. The second kappa shape index (κ2) is 7.83. The van der Waals surface area contributed by atoms with Crippen molar-refractivity contribution in [3.8, 4) is 6.07 Å². The summed E-state index contributed by atoms with van der Waals surface area (Å²) in [7, 11) is 0. The lowest BCUT2D eigenvalue weighted by atomic mass is 9.89. The van der Waals surface area contributed by atoms with Crippen LogP contribution in [0, 0.1) is 17.1 Å². The number of hydrogen-bond acceptors (Lipinski definition) is 4. The normalized spacial score (nSPS) is 20.9. The van der Waals surface area contributed by atoms with Gasteiger partial charge in [-0.1, -0.05) is 42.5 Å². The van der Waals surface area contributed by atoms with E-state index in [4.69, 9.17) is 14.7 Å². The summed E-state index contributed by atoms with van der Waals surface area (Å²) >= 11 is 0. The van der Waals surface area contributed by atoms with Crippen LogP contribution in [0.15, 0.2) is 54.6 Å². The maximum absolute atomic E-state index is 14.0. The molecule has 0 saturated carbocycles. The molecule has 2 unspecified atom stereocenters. The van der Waals surface area contributed by atoms with Crippen molar-refractivity contribution in [3.63, 3.8) is 0 Å². The Morgan fingerprint density at radius 1 is 1.25 bits per heavy atom. The van der Waals surface area contributed by atoms with Gasteiger partial charge in [-0.2, -0.15) is 5.26 Å². The summed E-state index contributed by atoms with van der Waals surface area (Å²) in [5.41, 5.74) is 2.63. The lowest BCUT2D eigenvalue weighted by molar-refractivity contribution is -0.0342. The Labute approximate surface area is 162 Å². The number of benzene rings is 2. The first-order valence-corrected chi connectivity index (χ1v) is 9.13. The minimum absolute atomic E-state index is 0.0230. The fraction of sp³-hybridized carbons (Fsp3) is 0.273. The van der Waals surface area contributed by atoms with Crippen LogP contribution in [-0.4, -0.2) is 36.3 Å². The predicted octanol–water partition coefficient (Wildman–Crippen LogP) is 3.89. The van der Waals surface area contributed by atoms with E-state index in [0.29, 0.717) is 19.6 Å². The van der Waals surface area contributed by atoms with Gasteiger partial charge in [0.1, 0.15) is 18.5 Å². The predicted molar refractivity (Wildman–Crippen MR) is 101 cm³/mol. The van der Waals surface area contributed by atoms with Crippen molar-refractivity contribution in [2.75, 3.05) is 13.2 Å². The summed E-state index contributed by atoms with van der Waals surface area (Å²) in [4.78, 5) is 14.4. The van der Waals surface area contributed by atoms with Crippen LogP contribution in [0.1, 0.15) is 23.1 Å². The van der Waals surface area contributed by atoms with E-state index >= 15 is 0 Å². The number of hydrogen-bond donors (Lipinski definition) is 0. The van der Waals surface area contributed by atoms with Crippen LogP contribution < -0.4 is 0 Å². The van der Waals surface area contributed by atoms with Gasteiger partial charge >= 0.3 is 6.09 Å². The number of carbonyl (C=O) groups is 1. The van der Waals surface area contributed by atoms with Crippen LogP contribution in [0.3, 0.4) is 0 Å². The van der Waals surface area contributed by atoms with Crippen LogP contribution >= 0.6 is 0 Å². The topological polar surface area (TPSA) is 62.6 Å². The Morgan fingerprint density at radius 2 is 2.07 bits per heavy atom. The van der Waals surface area contributed by atoms with E-state index in [9.17, 15) is 9.18 Å². The molecule has 1 amide bonds. The van der Waals surface area contributed by atoms with E-state index in [0.717, 1.165) is 16.7 Å². The highest BCUT2D eigenvalue weighted by Crippen LogP contribution is 2.33. The lowest BCUT2D eigenvalue weighted by Gasteiger charge is -2.43. The van der Waals surface area contributed by atoms with Gasteiger partial charge in [0, 0.05) is 0 Å². The van der Waals surface area contributed by atoms with E-state index in [1.807, 2.05) is 42.5 Å². The molecule has 142 valence electrons. The number of nitriles is 1. The summed E-state index contributed by atoms with van der Waals surface area (Å²) in [5, 5.41) is 8.90. The van der Waals surface area contributed by atoms with Crippen molar-refractivity contribution in [1.29, 1.82) is 5.26 Å². The SMILES string of the molecule is N#Cc1ccc(C2=CC3COCC(C2)N3C(=O)OCc2ccccc2)cc1F. The molecule has 2 heterocycles. The van der Waals surface area contributed by atoms with Crippen LogP contribution in [0.25, 0.3) is 5.57 Å². The quantitative estimate of drug-likeness (QED) is 0.813. The first-order chi connectivity index (χ1) is 13.7. The maximum atomic E-state index is 14.0. The van der Waals surface area contributed by atoms with Gasteiger partial charge in [-0.15, -0.1) is 0 Å². The molecule has 5 nitrogen and oxygen atoms in total. The number of ether oxygens (including phenoxy) is 2. The van der Waals surface area contributed by atoms with E-state index in [-0.39, 0.29) is 30.3 Å². The molecule has 0 N–H and O–H groups in total. The second-order valence-corrected chi connectivity index (χ2v) is 6.91. The molecule has 0 aliphatic carbocycles. The van der Waals surface area contributed by atoms with Gasteiger partial charge in [0.05, 0.1) is 30.9 Å². The maximum Gasteiger partial charge on any atom is 0.411 e. The summed E-state index contributed by atoms with van der Waals surface area (Å²) < 4.78 is 25.1. The summed E-state index contributed by atoms with van der Waals surface area (Å²) in [6.45, 7) is 1.00. The molecule has 0 spiro atoms. The van der Waals surface area contributed by atoms with Crippen molar-refractivity contribution in [1.82, 2.24) is 4.90 Å². The highest BCUT2D eigenvalue weighted by molar-refractivity contribution is 5.74. The number of nitrogens with zero attached hydrogens (tertiary/aromatic N) is 2. The summed E-state index contributed by atoms with van der Waals surface area (Å²) in [5.74, 6) is -0.535. The van der Waals surface area contributed by atoms with E-state index in [1.165, 1.54) is 12.1 Å². The monoisotopic (exact) mass is 378 g/mol. The third-order valence-electron chi connectivity index (χ3n) is 5.07. The molecule has 28 heavy (non-hydrogen) atoms. The van der Waals surface area contributed by atoms with Gasteiger partial charge in [0.15, 0.2) is 0 Å². The third-order valence-corrected chi connectivity index (χ3v) is 5.07. The average molecular weight is 378 g/mol. The van der Waals surface area contributed by atoms with Crippen molar-refractivity contribution >= 4 is 11.7 Å². The van der Waals surface area contributed by atoms with Crippen molar-refractivity contribution in [3.05, 3.63) is 77.1 Å². The zero-order valence-corrected chi connectivity index (χ0v) is 15.2. The van der Waals surface area contributed by atoms with E-state index < -0.39 is 5.82 Å². The number of amides is 1. The molecule has 4 rings (SSSR count). The fourth-order valence-corrected chi connectivity index (χ4v) is 3.69. The molecule has 2 aromatic carbocycles.